The van der Waals surface area contributed by atoms with E-state index < -0.39 is 5.60 Å². The van der Waals surface area contributed by atoms with Crippen LogP contribution in [0, 0.1) is 5.41 Å². The molecule has 1 aromatic heterocycles. The minimum absolute atomic E-state index is 0.137. The lowest BCUT2D eigenvalue weighted by molar-refractivity contribution is -0.233. The van der Waals surface area contributed by atoms with Crippen LogP contribution in [-0.2, 0) is 4.74 Å². The molecule has 1 heterocycles. The molecule has 0 radical (unpaired) electrons. The molecule has 4 heteroatoms. The van der Waals surface area contributed by atoms with Gasteiger partial charge in [-0.2, -0.15) is 0 Å². The Labute approximate surface area is 108 Å². The Hall–Kier alpha value is -1.13. The topological polar surface area (TPSA) is 54.4 Å². The predicted molar refractivity (Wildman–Crippen MR) is 71.5 cm³/mol. The zero-order valence-electron chi connectivity index (χ0n) is 11.3. The summed E-state index contributed by atoms with van der Waals surface area (Å²) in [5, 5.41) is 13.8. The lowest BCUT2D eigenvalue weighted by atomic mass is 9.56. The van der Waals surface area contributed by atoms with E-state index in [1.807, 2.05) is 25.1 Å². The second-order valence-electron chi connectivity index (χ2n) is 5.47. The average molecular weight is 250 g/mol. The molecule has 1 aliphatic rings. The number of hydrogen-bond donors (Lipinski definition) is 2. The molecule has 18 heavy (non-hydrogen) atoms. The van der Waals surface area contributed by atoms with Crippen molar-refractivity contribution in [3.63, 3.8) is 0 Å². The lowest BCUT2D eigenvalue weighted by Gasteiger charge is -2.58. The maximum atomic E-state index is 10.6. The third-order valence-corrected chi connectivity index (χ3v) is 4.12. The molecule has 1 aromatic rings. The SMILES string of the molecule is CCOC1CC(O)(CNc2ccccn2)C1(C)C. The third-order valence-electron chi connectivity index (χ3n) is 4.12. The number of anilines is 1. The van der Waals surface area contributed by atoms with Gasteiger partial charge in [-0.25, -0.2) is 4.98 Å². The van der Waals surface area contributed by atoms with E-state index in [-0.39, 0.29) is 11.5 Å². The number of hydrogen-bond acceptors (Lipinski definition) is 4. The highest BCUT2D eigenvalue weighted by Gasteiger charge is 2.59. The largest absolute Gasteiger partial charge is 0.387 e. The molecule has 100 valence electrons. The molecule has 4 nitrogen and oxygen atoms in total. The summed E-state index contributed by atoms with van der Waals surface area (Å²) in [5.74, 6) is 0.793. The molecule has 1 saturated carbocycles. The molecular weight excluding hydrogens is 228 g/mol. The quantitative estimate of drug-likeness (QED) is 0.840. The van der Waals surface area contributed by atoms with Crippen LogP contribution >= 0.6 is 0 Å². The van der Waals surface area contributed by atoms with Crippen molar-refractivity contribution in [2.24, 2.45) is 5.41 Å². The Bertz CT molecular complexity index is 394. The maximum absolute atomic E-state index is 10.6. The summed E-state index contributed by atoms with van der Waals surface area (Å²) in [4.78, 5) is 4.19. The first kappa shape index (κ1) is 13.3. The molecule has 0 spiro atoms. The predicted octanol–water partition coefficient (Wildman–Crippen LogP) is 2.06. The zero-order valence-corrected chi connectivity index (χ0v) is 11.3. The van der Waals surface area contributed by atoms with Crippen molar-refractivity contribution >= 4 is 5.82 Å². The molecule has 0 aliphatic heterocycles. The third kappa shape index (κ3) is 2.22. The standard InChI is InChI=1S/C14H22N2O2/c1-4-18-11-9-14(17,13(11,2)3)10-16-12-7-5-6-8-15-12/h5-8,11,17H,4,9-10H2,1-3H3,(H,15,16). The van der Waals surface area contributed by atoms with Crippen molar-refractivity contribution in [1.82, 2.24) is 4.98 Å². The van der Waals surface area contributed by atoms with Crippen LogP contribution in [0.3, 0.4) is 0 Å². The number of aromatic nitrogens is 1. The van der Waals surface area contributed by atoms with Gasteiger partial charge in [0.2, 0.25) is 0 Å². The molecule has 1 aliphatic carbocycles. The van der Waals surface area contributed by atoms with E-state index in [1.54, 1.807) is 6.20 Å². The van der Waals surface area contributed by atoms with Gasteiger partial charge in [-0.1, -0.05) is 19.9 Å². The van der Waals surface area contributed by atoms with E-state index in [4.69, 9.17) is 4.74 Å². The molecule has 2 rings (SSSR count). The van der Waals surface area contributed by atoms with Crippen LogP contribution in [0.1, 0.15) is 27.2 Å². The molecule has 0 saturated heterocycles. The van der Waals surface area contributed by atoms with Gasteiger partial charge in [-0.3, -0.25) is 0 Å². The minimum Gasteiger partial charge on any atom is -0.387 e. The minimum atomic E-state index is -0.732. The van der Waals surface area contributed by atoms with Crippen LogP contribution in [0.25, 0.3) is 0 Å². The van der Waals surface area contributed by atoms with Crippen molar-refractivity contribution < 1.29 is 9.84 Å². The Morgan fingerprint density at radius 1 is 1.50 bits per heavy atom. The van der Waals surface area contributed by atoms with E-state index >= 15 is 0 Å². The molecular formula is C14H22N2O2. The first-order valence-corrected chi connectivity index (χ1v) is 6.48. The average Bonchev–Trinajstić information content (AvgIpc) is 2.37. The fourth-order valence-electron chi connectivity index (χ4n) is 2.47. The van der Waals surface area contributed by atoms with Gasteiger partial charge in [0.15, 0.2) is 0 Å². The summed E-state index contributed by atoms with van der Waals surface area (Å²) < 4.78 is 5.64. The first-order valence-electron chi connectivity index (χ1n) is 6.48. The van der Waals surface area contributed by atoms with Crippen LogP contribution in [0.2, 0.25) is 0 Å². The molecule has 2 N–H and O–H groups in total. The van der Waals surface area contributed by atoms with E-state index in [0.717, 1.165) is 5.82 Å². The summed E-state index contributed by atoms with van der Waals surface area (Å²) in [5.41, 5.74) is -0.963. The second-order valence-corrected chi connectivity index (χ2v) is 5.47. The van der Waals surface area contributed by atoms with Gasteiger partial charge >= 0.3 is 0 Å². The number of nitrogens with one attached hydrogen (secondary N) is 1. The summed E-state index contributed by atoms with van der Waals surface area (Å²) in [6.07, 6.45) is 2.55. The molecule has 2 unspecified atom stereocenters. The Morgan fingerprint density at radius 3 is 2.83 bits per heavy atom. The first-order chi connectivity index (χ1) is 8.49. The summed E-state index contributed by atoms with van der Waals surface area (Å²) in [6.45, 7) is 7.28. The maximum Gasteiger partial charge on any atom is 0.125 e. The van der Waals surface area contributed by atoms with E-state index in [9.17, 15) is 5.11 Å². The van der Waals surface area contributed by atoms with Crippen LogP contribution in [0.5, 0.6) is 0 Å². The van der Waals surface area contributed by atoms with Gasteiger partial charge in [0.25, 0.3) is 0 Å². The van der Waals surface area contributed by atoms with Gasteiger partial charge in [-0.15, -0.1) is 0 Å². The van der Waals surface area contributed by atoms with Crippen molar-refractivity contribution in [3.8, 4) is 0 Å². The Kier molecular flexibility index (Phi) is 3.59. The fourth-order valence-corrected chi connectivity index (χ4v) is 2.47. The highest BCUT2D eigenvalue weighted by Crippen LogP contribution is 2.51. The van der Waals surface area contributed by atoms with E-state index in [0.29, 0.717) is 19.6 Å². The summed E-state index contributed by atoms with van der Waals surface area (Å²) in [7, 11) is 0. The van der Waals surface area contributed by atoms with Gasteiger partial charge in [0.05, 0.1) is 11.7 Å². The molecule has 2 atom stereocenters. The van der Waals surface area contributed by atoms with Gasteiger partial charge < -0.3 is 15.2 Å². The molecule has 0 amide bonds. The highest BCUT2D eigenvalue weighted by atomic mass is 16.5. The van der Waals surface area contributed by atoms with Crippen LogP contribution in [0.4, 0.5) is 5.82 Å². The molecule has 0 bridgehead atoms. The second kappa shape index (κ2) is 4.86. The number of nitrogens with zero attached hydrogens (tertiary/aromatic N) is 1. The summed E-state index contributed by atoms with van der Waals surface area (Å²) in [6, 6.07) is 5.70. The smallest absolute Gasteiger partial charge is 0.125 e. The highest BCUT2D eigenvalue weighted by molar-refractivity contribution is 5.34. The number of pyridine rings is 1. The van der Waals surface area contributed by atoms with Crippen molar-refractivity contribution in [3.05, 3.63) is 24.4 Å². The number of rotatable bonds is 5. The van der Waals surface area contributed by atoms with Gasteiger partial charge in [-0.05, 0) is 19.1 Å². The van der Waals surface area contributed by atoms with Crippen molar-refractivity contribution in [2.45, 2.75) is 38.9 Å². The molecule has 0 aromatic carbocycles. The molecule has 1 fully saturated rings. The zero-order chi connectivity index (χ0) is 13.2. The van der Waals surface area contributed by atoms with Crippen LogP contribution < -0.4 is 5.32 Å². The summed E-state index contributed by atoms with van der Waals surface area (Å²) >= 11 is 0. The normalized spacial score (nSPS) is 29.7. The van der Waals surface area contributed by atoms with Crippen molar-refractivity contribution in [1.29, 1.82) is 0 Å². The van der Waals surface area contributed by atoms with Crippen molar-refractivity contribution in [2.75, 3.05) is 18.5 Å². The van der Waals surface area contributed by atoms with Crippen LogP contribution in [0.15, 0.2) is 24.4 Å². The van der Waals surface area contributed by atoms with Crippen LogP contribution in [-0.4, -0.2) is 34.9 Å². The Morgan fingerprint density at radius 2 is 2.28 bits per heavy atom. The fraction of sp³-hybridized carbons (Fsp3) is 0.643. The van der Waals surface area contributed by atoms with Gasteiger partial charge in [0, 0.05) is 31.2 Å². The van der Waals surface area contributed by atoms with Gasteiger partial charge in [0.1, 0.15) is 5.82 Å². The van der Waals surface area contributed by atoms with E-state index in [1.165, 1.54) is 0 Å². The van der Waals surface area contributed by atoms with E-state index in [2.05, 4.69) is 24.1 Å². The number of ether oxygens (including phenoxy) is 1. The Balaban J connectivity index is 1.94. The monoisotopic (exact) mass is 250 g/mol. The number of aliphatic hydroxyl groups is 1. The lowest BCUT2D eigenvalue weighted by Crippen LogP contribution is -2.67.